The predicted octanol–water partition coefficient (Wildman–Crippen LogP) is 14.3. The second-order valence-electron chi connectivity index (χ2n) is 12.9. The molecule has 1 nitrogen and oxygen atoms in total. The summed E-state index contributed by atoms with van der Waals surface area (Å²) in [5, 5.41) is 10.3. The molecule has 0 radical (unpaired) electrons. The molecule has 50 heavy (non-hydrogen) atoms. The molecule has 2 heteroatoms. The predicted molar refractivity (Wildman–Crippen MR) is 217 cm³/mol. The van der Waals surface area contributed by atoms with Crippen LogP contribution in [0.15, 0.2) is 188 Å². The molecule has 1 heterocycles. The Balaban J connectivity index is 1.12. The van der Waals surface area contributed by atoms with Gasteiger partial charge in [-0.25, -0.2) is 0 Å². The molecule has 0 saturated heterocycles. The van der Waals surface area contributed by atoms with Crippen molar-refractivity contribution in [3.05, 3.63) is 188 Å². The van der Waals surface area contributed by atoms with Gasteiger partial charge < -0.3 is 4.90 Å². The van der Waals surface area contributed by atoms with Crippen LogP contribution in [-0.2, 0) is 0 Å². The van der Waals surface area contributed by atoms with Crippen molar-refractivity contribution in [3.8, 4) is 22.3 Å². The molecular weight excluding hydrogens is 623 g/mol. The van der Waals surface area contributed by atoms with Gasteiger partial charge in [-0.1, -0.05) is 146 Å². The third kappa shape index (κ3) is 4.76. The SMILES string of the molecule is c1ccc(-c2cccc(N(c3ccc(-c4cccc5sc6c7ccccc7ccc6c45)cc3)c3ccc4c(ccc5ccccc54)c3)c2)cc1. The van der Waals surface area contributed by atoms with E-state index in [9.17, 15) is 0 Å². The highest BCUT2D eigenvalue weighted by Crippen LogP contribution is 2.44. The lowest BCUT2D eigenvalue weighted by atomic mass is 9.97. The molecule has 0 saturated carbocycles. The first kappa shape index (κ1) is 28.8. The van der Waals surface area contributed by atoms with Crippen LogP contribution in [-0.4, -0.2) is 0 Å². The van der Waals surface area contributed by atoms with Gasteiger partial charge in [-0.05, 0) is 97.0 Å². The van der Waals surface area contributed by atoms with Crippen molar-refractivity contribution in [2.45, 2.75) is 0 Å². The minimum atomic E-state index is 1.12. The van der Waals surface area contributed by atoms with Gasteiger partial charge in [0.25, 0.3) is 0 Å². The molecule has 0 bridgehead atoms. The number of thiophene rings is 1. The van der Waals surface area contributed by atoms with Crippen molar-refractivity contribution < 1.29 is 0 Å². The topological polar surface area (TPSA) is 3.24 Å². The van der Waals surface area contributed by atoms with Gasteiger partial charge >= 0.3 is 0 Å². The molecule has 0 N–H and O–H groups in total. The van der Waals surface area contributed by atoms with E-state index < -0.39 is 0 Å². The number of nitrogens with zero attached hydrogens (tertiary/aromatic N) is 1. The Morgan fingerprint density at radius 3 is 1.82 bits per heavy atom. The van der Waals surface area contributed by atoms with E-state index in [-0.39, 0.29) is 0 Å². The lowest BCUT2D eigenvalue weighted by Crippen LogP contribution is -2.10. The summed E-state index contributed by atoms with van der Waals surface area (Å²) in [5.41, 5.74) is 8.26. The van der Waals surface area contributed by atoms with Crippen molar-refractivity contribution >= 4 is 80.9 Å². The fraction of sp³-hybridized carbons (Fsp3) is 0. The molecule has 10 aromatic rings. The Bertz CT molecular complexity index is 2870. The summed E-state index contributed by atoms with van der Waals surface area (Å²) in [4.78, 5) is 2.39. The summed E-state index contributed by atoms with van der Waals surface area (Å²) in [7, 11) is 0. The molecule has 0 amide bonds. The molecule has 0 unspecified atom stereocenters. The third-order valence-electron chi connectivity index (χ3n) is 10.0. The number of hydrogen-bond acceptors (Lipinski definition) is 2. The van der Waals surface area contributed by atoms with Gasteiger partial charge in [-0.3, -0.25) is 0 Å². The zero-order chi connectivity index (χ0) is 33.0. The van der Waals surface area contributed by atoms with Crippen molar-refractivity contribution in [1.29, 1.82) is 0 Å². The van der Waals surface area contributed by atoms with Gasteiger partial charge in [-0.15, -0.1) is 11.3 Å². The minimum absolute atomic E-state index is 1.12. The summed E-state index contributed by atoms with van der Waals surface area (Å²) < 4.78 is 2.68. The van der Waals surface area contributed by atoms with Crippen molar-refractivity contribution in [2.24, 2.45) is 0 Å². The summed E-state index contributed by atoms with van der Waals surface area (Å²) in [5.74, 6) is 0. The second kappa shape index (κ2) is 11.7. The highest BCUT2D eigenvalue weighted by atomic mass is 32.1. The fourth-order valence-electron chi connectivity index (χ4n) is 7.63. The average Bonchev–Trinajstić information content (AvgIpc) is 3.58. The summed E-state index contributed by atoms with van der Waals surface area (Å²) >= 11 is 1.90. The van der Waals surface area contributed by atoms with Crippen LogP contribution in [0.5, 0.6) is 0 Å². The third-order valence-corrected chi connectivity index (χ3v) is 11.2. The first-order chi connectivity index (χ1) is 24.8. The van der Waals surface area contributed by atoms with Gasteiger partial charge in [0.2, 0.25) is 0 Å². The largest absolute Gasteiger partial charge is 0.310 e. The van der Waals surface area contributed by atoms with Crippen LogP contribution in [0, 0.1) is 0 Å². The van der Waals surface area contributed by atoms with Crippen molar-refractivity contribution in [1.82, 2.24) is 0 Å². The van der Waals surface area contributed by atoms with E-state index in [1.54, 1.807) is 0 Å². The van der Waals surface area contributed by atoms with Crippen LogP contribution in [0.2, 0.25) is 0 Å². The van der Waals surface area contributed by atoms with Gasteiger partial charge in [-0.2, -0.15) is 0 Å². The van der Waals surface area contributed by atoms with E-state index in [2.05, 4.69) is 193 Å². The Morgan fingerprint density at radius 1 is 0.340 bits per heavy atom. The van der Waals surface area contributed by atoms with Crippen LogP contribution in [0.1, 0.15) is 0 Å². The number of anilines is 3. The second-order valence-corrected chi connectivity index (χ2v) is 14.0. The molecule has 9 aromatic carbocycles. The Kier molecular flexibility index (Phi) is 6.75. The number of benzene rings is 9. The highest BCUT2D eigenvalue weighted by molar-refractivity contribution is 7.26. The highest BCUT2D eigenvalue weighted by Gasteiger charge is 2.17. The minimum Gasteiger partial charge on any atom is -0.310 e. The van der Waals surface area contributed by atoms with E-state index in [1.807, 2.05) is 11.3 Å². The van der Waals surface area contributed by atoms with Crippen LogP contribution in [0.25, 0.3) is 74.7 Å². The monoisotopic (exact) mass is 653 g/mol. The summed E-state index contributed by atoms with van der Waals surface area (Å²) in [6.45, 7) is 0. The molecule has 0 fully saturated rings. The molecule has 1 aromatic heterocycles. The zero-order valence-electron chi connectivity index (χ0n) is 27.3. The molecule has 234 valence electrons. The average molecular weight is 654 g/mol. The molecule has 0 aliphatic carbocycles. The summed E-state index contributed by atoms with van der Waals surface area (Å²) in [6, 6.07) is 68.6. The van der Waals surface area contributed by atoms with Crippen molar-refractivity contribution in [3.63, 3.8) is 0 Å². The number of fused-ring (bicyclic) bond motifs is 8. The van der Waals surface area contributed by atoms with E-state index in [0.29, 0.717) is 0 Å². The van der Waals surface area contributed by atoms with Crippen LogP contribution < -0.4 is 4.90 Å². The van der Waals surface area contributed by atoms with Crippen molar-refractivity contribution in [2.75, 3.05) is 4.90 Å². The van der Waals surface area contributed by atoms with E-state index in [1.165, 1.54) is 74.7 Å². The molecule has 0 spiro atoms. The first-order valence-corrected chi connectivity index (χ1v) is 17.9. The molecule has 0 atom stereocenters. The zero-order valence-corrected chi connectivity index (χ0v) is 28.1. The van der Waals surface area contributed by atoms with Gasteiger partial charge in [0.1, 0.15) is 0 Å². The normalized spacial score (nSPS) is 11.6. The van der Waals surface area contributed by atoms with Crippen LogP contribution in [0.3, 0.4) is 0 Å². The molecule has 0 aliphatic rings. The van der Waals surface area contributed by atoms with Crippen LogP contribution >= 0.6 is 11.3 Å². The van der Waals surface area contributed by atoms with E-state index in [4.69, 9.17) is 0 Å². The Hall–Kier alpha value is -6.22. The number of rotatable bonds is 5. The maximum atomic E-state index is 2.39. The van der Waals surface area contributed by atoms with Gasteiger partial charge in [0.05, 0.1) is 0 Å². The molecular formula is C48H31NS. The van der Waals surface area contributed by atoms with E-state index in [0.717, 1.165) is 17.1 Å². The maximum absolute atomic E-state index is 2.39. The lowest BCUT2D eigenvalue weighted by Gasteiger charge is -2.27. The Morgan fingerprint density at radius 2 is 0.960 bits per heavy atom. The summed E-state index contributed by atoms with van der Waals surface area (Å²) in [6.07, 6.45) is 0. The quantitative estimate of drug-likeness (QED) is 0.167. The fourth-order valence-corrected chi connectivity index (χ4v) is 8.89. The van der Waals surface area contributed by atoms with E-state index >= 15 is 0 Å². The first-order valence-electron chi connectivity index (χ1n) is 17.1. The maximum Gasteiger partial charge on any atom is 0.0468 e. The van der Waals surface area contributed by atoms with Crippen LogP contribution in [0.4, 0.5) is 17.1 Å². The smallest absolute Gasteiger partial charge is 0.0468 e. The Labute approximate surface area is 294 Å². The lowest BCUT2D eigenvalue weighted by molar-refractivity contribution is 1.29. The van der Waals surface area contributed by atoms with Gasteiger partial charge in [0.15, 0.2) is 0 Å². The molecule has 0 aliphatic heterocycles. The number of hydrogen-bond donors (Lipinski definition) is 0. The van der Waals surface area contributed by atoms with Gasteiger partial charge in [0, 0.05) is 37.2 Å². The standard InChI is InChI=1S/C48H31NS/c1-2-10-32(11-3-1)36-14-8-15-39(30-36)49(40-27-29-42-37(31-40)21-20-33-12-4-6-16-41(33)42)38-25-22-35(23-26-38)43-18-9-19-46-47(43)45-28-24-34-13-5-7-17-44(34)48(45)50-46/h1-31H. The molecule has 10 rings (SSSR count).